The number of nitrogens with zero attached hydrogens (tertiary/aromatic N) is 2. The van der Waals surface area contributed by atoms with Crippen LogP contribution in [0.5, 0.6) is 0 Å². The molecule has 2 nitrogen and oxygen atoms in total. The second-order valence-electron chi connectivity index (χ2n) is 5.36. The van der Waals surface area contributed by atoms with E-state index in [1.807, 2.05) is 48.5 Å². The first-order valence-corrected chi connectivity index (χ1v) is 10.9. The van der Waals surface area contributed by atoms with Crippen LogP contribution < -0.4 is 0 Å². The molecule has 0 radical (unpaired) electrons. The van der Waals surface area contributed by atoms with Crippen molar-refractivity contribution in [3.8, 4) is 0 Å². The van der Waals surface area contributed by atoms with Crippen LogP contribution in [0, 0.1) is 0 Å². The van der Waals surface area contributed by atoms with Gasteiger partial charge >= 0.3 is 0 Å². The van der Waals surface area contributed by atoms with Crippen molar-refractivity contribution in [1.82, 2.24) is 0 Å². The van der Waals surface area contributed by atoms with Crippen LogP contribution in [0.3, 0.4) is 0 Å². The quantitative estimate of drug-likeness (QED) is 0.487. The lowest BCUT2D eigenvalue weighted by Gasteiger charge is -2.12. The van der Waals surface area contributed by atoms with Crippen LogP contribution in [-0.4, -0.2) is 12.5 Å². The van der Waals surface area contributed by atoms with Gasteiger partial charge in [-0.2, -0.15) is 0 Å². The molecule has 4 heteroatoms. The molecule has 3 aromatic carbocycles. The van der Waals surface area contributed by atoms with Crippen LogP contribution in [0.15, 0.2) is 103 Å². The smallest absolute Gasteiger partial charge is 0.0718 e. The lowest BCUT2D eigenvalue weighted by molar-refractivity contribution is 1.39. The van der Waals surface area contributed by atoms with Gasteiger partial charge in [-0.05, 0) is 64.4 Å². The van der Waals surface area contributed by atoms with Crippen molar-refractivity contribution in [3.05, 3.63) is 84.9 Å². The Bertz CT molecular complexity index is 909. The van der Waals surface area contributed by atoms with Crippen LogP contribution in [0.2, 0.25) is 0 Å². The molecular formula is C20H20N2S2. The van der Waals surface area contributed by atoms with Gasteiger partial charge in [0.05, 0.1) is 11.4 Å². The van der Waals surface area contributed by atoms with Crippen LogP contribution in [0.4, 0.5) is 11.4 Å². The molecule has 0 aliphatic carbocycles. The molecule has 0 saturated carbocycles. The van der Waals surface area contributed by atoms with Gasteiger partial charge in [-0.25, -0.2) is 8.73 Å². The molecule has 1 unspecified atom stereocenters. The summed E-state index contributed by atoms with van der Waals surface area (Å²) < 4.78 is 10.0. The largest absolute Gasteiger partial charge is 0.213 e. The summed E-state index contributed by atoms with van der Waals surface area (Å²) in [6.45, 7) is 0. The van der Waals surface area contributed by atoms with Gasteiger partial charge in [-0.1, -0.05) is 36.4 Å². The fourth-order valence-electron chi connectivity index (χ4n) is 2.35. The maximum atomic E-state index is 5.04. The van der Waals surface area contributed by atoms with Crippen molar-refractivity contribution < 1.29 is 0 Å². The molecule has 122 valence electrons. The predicted molar refractivity (Wildman–Crippen MR) is 107 cm³/mol. The predicted octanol–water partition coefficient (Wildman–Crippen LogP) is 6.58. The third-order valence-electron chi connectivity index (χ3n) is 3.58. The first kappa shape index (κ1) is 16.8. The van der Waals surface area contributed by atoms with Crippen molar-refractivity contribution >= 4 is 32.8 Å². The topological polar surface area (TPSA) is 24.7 Å². The van der Waals surface area contributed by atoms with Gasteiger partial charge in [0, 0.05) is 16.0 Å². The molecule has 0 fully saturated rings. The highest BCUT2D eigenvalue weighted by molar-refractivity contribution is 7.98. The maximum absolute atomic E-state index is 5.04. The van der Waals surface area contributed by atoms with Gasteiger partial charge in [0.25, 0.3) is 0 Å². The standard InChI is InChI=1S/C20H20N2S2/c1-23-19-15-13-18(14-16-19)22-24(2,20-11-7-4-8-12-20)21-17-9-5-3-6-10-17/h3-16H,1-2H3. The summed E-state index contributed by atoms with van der Waals surface area (Å²) in [5.41, 5.74) is 1.93. The summed E-state index contributed by atoms with van der Waals surface area (Å²) in [5.74, 6) is 0. The molecule has 0 aliphatic heterocycles. The zero-order valence-electron chi connectivity index (χ0n) is 13.8. The first-order chi connectivity index (χ1) is 11.7. The number of hydrogen-bond acceptors (Lipinski definition) is 3. The molecule has 1 atom stereocenters. The zero-order chi connectivity index (χ0) is 16.8. The third-order valence-corrected chi connectivity index (χ3v) is 6.63. The molecule has 24 heavy (non-hydrogen) atoms. The summed E-state index contributed by atoms with van der Waals surface area (Å²) in [5, 5.41) is 0. The highest BCUT2D eigenvalue weighted by atomic mass is 32.2. The van der Waals surface area contributed by atoms with E-state index in [-0.39, 0.29) is 0 Å². The van der Waals surface area contributed by atoms with Crippen molar-refractivity contribution in [2.75, 3.05) is 12.5 Å². The van der Waals surface area contributed by atoms with Gasteiger partial charge < -0.3 is 0 Å². The number of benzene rings is 3. The maximum Gasteiger partial charge on any atom is 0.0718 e. The molecule has 3 rings (SSSR count). The van der Waals surface area contributed by atoms with Gasteiger partial charge in [0.15, 0.2) is 0 Å². The van der Waals surface area contributed by atoms with E-state index >= 15 is 0 Å². The molecular weight excluding hydrogens is 332 g/mol. The van der Waals surface area contributed by atoms with E-state index < -0.39 is 9.62 Å². The molecule has 0 amide bonds. The Kier molecular flexibility index (Phi) is 5.38. The summed E-state index contributed by atoms with van der Waals surface area (Å²) in [6.07, 6.45) is 4.22. The highest BCUT2D eigenvalue weighted by Gasteiger charge is 2.05. The minimum Gasteiger partial charge on any atom is -0.213 e. The first-order valence-electron chi connectivity index (χ1n) is 7.68. The van der Waals surface area contributed by atoms with Crippen LogP contribution in [-0.2, 0) is 9.62 Å². The highest BCUT2D eigenvalue weighted by Crippen LogP contribution is 2.27. The van der Waals surface area contributed by atoms with E-state index in [0.717, 1.165) is 16.3 Å². The fourth-order valence-corrected chi connectivity index (χ4v) is 4.74. The fraction of sp³-hybridized carbons (Fsp3) is 0.100. The Hall–Kier alpha value is -2.04. The summed E-state index contributed by atoms with van der Waals surface area (Å²) in [6, 6.07) is 28.8. The van der Waals surface area contributed by atoms with Crippen LogP contribution >= 0.6 is 11.8 Å². The third kappa shape index (κ3) is 4.08. The van der Waals surface area contributed by atoms with E-state index in [0.29, 0.717) is 0 Å². The Labute approximate surface area is 148 Å². The van der Waals surface area contributed by atoms with Gasteiger partial charge in [0.2, 0.25) is 0 Å². The van der Waals surface area contributed by atoms with Crippen LogP contribution in [0.25, 0.3) is 0 Å². The average molecular weight is 353 g/mol. The van der Waals surface area contributed by atoms with E-state index in [1.54, 1.807) is 11.8 Å². The van der Waals surface area contributed by atoms with Crippen LogP contribution in [0.1, 0.15) is 0 Å². The number of thioether (sulfide) groups is 1. The molecule has 0 saturated heterocycles. The number of rotatable bonds is 4. The Morgan fingerprint density at radius 1 is 0.667 bits per heavy atom. The van der Waals surface area contributed by atoms with E-state index in [4.69, 9.17) is 8.73 Å². The monoisotopic (exact) mass is 352 g/mol. The average Bonchev–Trinajstić information content (AvgIpc) is 2.64. The summed E-state index contributed by atoms with van der Waals surface area (Å²) in [7, 11) is -1.70. The lowest BCUT2D eigenvalue weighted by Crippen LogP contribution is -1.96. The molecule has 3 aromatic rings. The summed E-state index contributed by atoms with van der Waals surface area (Å²) >= 11 is 1.74. The SMILES string of the molecule is CSc1ccc(N=S(C)(=Nc2ccccc2)c2ccccc2)cc1. The van der Waals surface area contributed by atoms with E-state index in [2.05, 4.69) is 48.9 Å². The van der Waals surface area contributed by atoms with Crippen molar-refractivity contribution in [1.29, 1.82) is 0 Å². The van der Waals surface area contributed by atoms with Crippen molar-refractivity contribution in [2.45, 2.75) is 9.79 Å². The van der Waals surface area contributed by atoms with E-state index in [1.165, 1.54) is 4.90 Å². The minimum atomic E-state index is -1.70. The van der Waals surface area contributed by atoms with Gasteiger partial charge in [0.1, 0.15) is 0 Å². The molecule has 0 aliphatic rings. The molecule has 0 spiro atoms. The zero-order valence-corrected chi connectivity index (χ0v) is 15.4. The van der Waals surface area contributed by atoms with Crippen molar-refractivity contribution in [3.63, 3.8) is 0 Å². The molecule has 0 aromatic heterocycles. The Morgan fingerprint density at radius 3 is 1.71 bits per heavy atom. The van der Waals surface area contributed by atoms with Crippen molar-refractivity contribution in [2.24, 2.45) is 8.73 Å². The summed E-state index contributed by atoms with van der Waals surface area (Å²) in [4.78, 5) is 2.40. The second-order valence-corrected chi connectivity index (χ2v) is 8.75. The Balaban J connectivity index is 2.18. The van der Waals surface area contributed by atoms with Gasteiger partial charge in [-0.15, -0.1) is 11.8 Å². The minimum absolute atomic E-state index is 0.961. The molecule has 0 bridgehead atoms. The van der Waals surface area contributed by atoms with Gasteiger partial charge in [-0.3, -0.25) is 0 Å². The number of hydrogen-bond donors (Lipinski definition) is 0. The van der Waals surface area contributed by atoms with E-state index in [9.17, 15) is 0 Å². The Morgan fingerprint density at radius 2 is 1.17 bits per heavy atom. The lowest BCUT2D eigenvalue weighted by atomic mass is 10.3. The molecule has 0 heterocycles. The molecule has 0 N–H and O–H groups in total. The second kappa shape index (κ2) is 7.69. The normalized spacial score (nSPS) is 13.1.